The molecule has 1 saturated heterocycles. The van der Waals surface area contributed by atoms with Gasteiger partial charge in [-0.25, -0.2) is 9.97 Å². The molecule has 2 rings (SSSR count). The zero-order valence-corrected chi connectivity index (χ0v) is 10.3. The molecule has 1 aliphatic heterocycles. The Balaban J connectivity index is 2.27. The SMILES string of the molecule is Cc1ncc(CCl)c(N2CCSCC2)n1. The molecular formula is C10H14ClN3S. The van der Waals surface area contributed by atoms with Gasteiger partial charge in [0.1, 0.15) is 11.6 Å². The Kier molecular flexibility index (Phi) is 3.70. The normalized spacial score (nSPS) is 16.8. The van der Waals surface area contributed by atoms with Crippen molar-refractivity contribution in [2.24, 2.45) is 0 Å². The molecule has 0 amide bonds. The van der Waals surface area contributed by atoms with Gasteiger partial charge in [-0.15, -0.1) is 11.6 Å². The standard InChI is InChI=1S/C10H14ClN3S/c1-8-12-7-9(6-11)10(13-8)14-2-4-15-5-3-14/h7H,2-6H2,1H3. The second kappa shape index (κ2) is 5.03. The lowest BCUT2D eigenvalue weighted by molar-refractivity contribution is 0.819. The second-order valence-electron chi connectivity index (χ2n) is 3.50. The van der Waals surface area contributed by atoms with Crippen molar-refractivity contribution < 1.29 is 0 Å². The fraction of sp³-hybridized carbons (Fsp3) is 0.600. The van der Waals surface area contributed by atoms with Gasteiger partial charge in [0.15, 0.2) is 0 Å². The van der Waals surface area contributed by atoms with Crippen molar-refractivity contribution in [2.45, 2.75) is 12.8 Å². The predicted octanol–water partition coefficient (Wildman–Crippen LogP) is 2.08. The molecule has 5 heteroatoms. The minimum Gasteiger partial charge on any atom is -0.355 e. The number of hydrogen-bond donors (Lipinski definition) is 0. The van der Waals surface area contributed by atoms with E-state index in [9.17, 15) is 0 Å². The van der Waals surface area contributed by atoms with Gasteiger partial charge in [-0.05, 0) is 6.92 Å². The summed E-state index contributed by atoms with van der Waals surface area (Å²) in [5.41, 5.74) is 1.04. The average Bonchev–Trinajstić information content (AvgIpc) is 2.30. The van der Waals surface area contributed by atoms with Crippen LogP contribution >= 0.6 is 23.4 Å². The molecule has 0 radical (unpaired) electrons. The largest absolute Gasteiger partial charge is 0.355 e. The molecule has 0 saturated carbocycles. The molecule has 0 bridgehead atoms. The van der Waals surface area contributed by atoms with Crippen LogP contribution < -0.4 is 4.90 Å². The van der Waals surface area contributed by atoms with E-state index in [0.29, 0.717) is 5.88 Å². The van der Waals surface area contributed by atoms with E-state index >= 15 is 0 Å². The zero-order chi connectivity index (χ0) is 10.7. The number of hydrogen-bond acceptors (Lipinski definition) is 4. The van der Waals surface area contributed by atoms with Crippen LogP contribution in [0.5, 0.6) is 0 Å². The van der Waals surface area contributed by atoms with Gasteiger partial charge in [-0.1, -0.05) is 0 Å². The van der Waals surface area contributed by atoms with Gasteiger partial charge in [-0.2, -0.15) is 11.8 Å². The van der Waals surface area contributed by atoms with Gasteiger partial charge in [0.25, 0.3) is 0 Å². The first-order valence-corrected chi connectivity index (χ1v) is 6.71. The molecule has 15 heavy (non-hydrogen) atoms. The molecular weight excluding hydrogens is 230 g/mol. The second-order valence-corrected chi connectivity index (χ2v) is 4.99. The van der Waals surface area contributed by atoms with Crippen LogP contribution in [0.15, 0.2) is 6.20 Å². The van der Waals surface area contributed by atoms with Gasteiger partial charge in [0, 0.05) is 36.4 Å². The van der Waals surface area contributed by atoms with Crippen LogP contribution in [-0.4, -0.2) is 34.6 Å². The number of anilines is 1. The molecule has 0 N–H and O–H groups in total. The van der Waals surface area contributed by atoms with Gasteiger partial charge in [0.2, 0.25) is 0 Å². The molecule has 0 spiro atoms. The maximum Gasteiger partial charge on any atom is 0.136 e. The number of nitrogens with zero attached hydrogens (tertiary/aromatic N) is 3. The summed E-state index contributed by atoms with van der Waals surface area (Å²) < 4.78 is 0. The van der Waals surface area contributed by atoms with Crippen molar-refractivity contribution in [2.75, 3.05) is 29.5 Å². The van der Waals surface area contributed by atoms with Crippen molar-refractivity contribution in [3.8, 4) is 0 Å². The van der Waals surface area contributed by atoms with Crippen LogP contribution in [0.3, 0.4) is 0 Å². The first kappa shape index (κ1) is 11.0. The monoisotopic (exact) mass is 243 g/mol. The minimum absolute atomic E-state index is 0.485. The lowest BCUT2D eigenvalue weighted by Gasteiger charge is -2.28. The van der Waals surface area contributed by atoms with E-state index < -0.39 is 0 Å². The number of alkyl halides is 1. The van der Waals surface area contributed by atoms with Crippen LogP contribution in [0.1, 0.15) is 11.4 Å². The number of thioether (sulfide) groups is 1. The summed E-state index contributed by atoms with van der Waals surface area (Å²) in [6.45, 7) is 4.04. The Labute approximate surface area is 99.2 Å². The third kappa shape index (κ3) is 2.55. The third-order valence-corrected chi connectivity index (χ3v) is 3.65. The third-order valence-electron chi connectivity index (χ3n) is 2.42. The van der Waals surface area contributed by atoms with Gasteiger partial charge < -0.3 is 4.90 Å². The highest BCUT2D eigenvalue weighted by Crippen LogP contribution is 2.22. The van der Waals surface area contributed by atoms with Gasteiger partial charge in [-0.3, -0.25) is 0 Å². The number of halogens is 1. The first-order chi connectivity index (χ1) is 7.31. The molecule has 1 aromatic heterocycles. The van der Waals surface area contributed by atoms with E-state index in [0.717, 1.165) is 30.3 Å². The van der Waals surface area contributed by atoms with E-state index in [2.05, 4.69) is 14.9 Å². The fourth-order valence-corrected chi connectivity index (χ4v) is 2.72. The van der Waals surface area contributed by atoms with Crippen molar-refractivity contribution in [1.29, 1.82) is 0 Å². The van der Waals surface area contributed by atoms with Crippen LogP contribution in [0.4, 0.5) is 5.82 Å². The highest BCUT2D eigenvalue weighted by molar-refractivity contribution is 7.99. The summed E-state index contributed by atoms with van der Waals surface area (Å²) in [7, 11) is 0. The summed E-state index contributed by atoms with van der Waals surface area (Å²) in [5.74, 6) is 4.67. The maximum absolute atomic E-state index is 5.89. The topological polar surface area (TPSA) is 29.0 Å². The molecule has 0 unspecified atom stereocenters. The van der Waals surface area contributed by atoms with Crippen molar-refractivity contribution in [3.05, 3.63) is 17.6 Å². The van der Waals surface area contributed by atoms with Crippen LogP contribution in [0.25, 0.3) is 0 Å². The van der Waals surface area contributed by atoms with E-state index in [-0.39, 0.29) is 0 Å². The highest BCUT2D eigenvalue weighted by Gasteiger charge is 2.16. The first-order valence-electron chi connectivity index (χ1n) is 5.02. The van der Waals surface area contributed by atoms with Crippen LogP contribution in [0.2, 0.25) is 0 Å². The van der Waals surface area contributed by atoms with E-state index in [1.165, 1.54) is 11.5 Å². The molecule has 0 aromatic carbocycles. The van der Waals surface area contributed by atoms with E-state index in [4.69, 9.17) is 11.6 Å². The molecule has 0 atom stereocenters. The van der Waals surface area contributed by atoms with Crippen LogP contribution in [-0.2, 0) is 5.88 Å². The lowest BCUT2D eigenvalue weighted by atomic mass is 10.3. The number of aryl methyl sites for hydroxylation is 1. The number of rotatable bonds is 2. The number of aromatic nitrogens is 2. The van der Waals surface area contributed by atoms with Gasteiger partial charge >= 0.3 is 0 Å². The summed E-state index contributed by atoms with van der Waals surface area (Å²) in [6.07, 6.45) is 1.84. The summed E-state index contributed by atoms with van der Waals surface area (Å²) in [5, 5.41) is 0. The predicted molar refractivity (Wildman–Crippen MR) is 65.9 cm³/mol. The lowest BCUT2D eigenvalue weighted by Crippen LogP contribution is -2.34. The molecule has 2 heterocycles. The zero-order valence-electron chi connectivity index (χ0n) is 8.74. The summed E-state index contributed by atoms with van der Waals surface area (Å²) in [6, 6.07) is 0. The Hall–Kier alpha value is -0.480. The quantitative estimate of drug-likeness (QED) is 0.744. The minimum atomic E-state index is 0.485. The summed E-state index contributed by atoms with van der Waals surface area (Å²) >= 11 is 7.88. The molecule has 3 nitrogen and oxygen atoms in total. The van der Waals surface area contributed by atoms with Gasteiger partial charge in [0.05, 0.1) is 5.88 Å². The summed E-state index contributed by atoms with van der Waals surface area (Å²) in [4.78, 5) is 11.0. The Morgan fingerprint density at radius 1 is 1.47 bits per heavy atom. The Bertz CT molecular complexity index is 339. The van der Waals surface area contributed by atoms with Crippen LogP contribution in [0, 0.1) is 6.92 Å². The van der Waals surface area contributed by atoms with E-state index in [1.54, 1.807) is 0 Å². The average molecular weight is 244 g/mol. The molecule has 82 valence electrons. The fourth-order valence-electron chi connectivity index (χ4n) is 1.63. The van der Waals surface area contributed by atoms with Crippen molar-refractivity contribution >= 4 is 29.2 Å². The molecule has 1 aliphatic rings. The maximum atomic E-state index is 5.89. The smallest absolute Gasteiger partial charge is 0.136 e. The Morgan fingerprint density at radius 3 is 2.87 bits per heavy atom. The van der Waals surface area contributed by atoms with E-state index in [1.807, 2.05) is 24.9 Å². The Morgan fingerprint density at radius 2 is 2.20 bits per heavy atom. The highest BCUT2D eigenvalue weighted by atomic mass is 35.5. The molecule has 0 aliphatic carbocycles. The molecule has 1 aromatic rings. The van der Waals surface area contributed by atoms with Crippen molar-refractivity contribution in [1.82, 2.24) is 9.97 Å². The van der Waals surface area contributed by atoms with Crippen molar-refractivity contribution in [3.63, 3.8) is 0 Å². The molecule has 1 fully saturated rings.